The third-order valence-corrected chi connectivity index (χ3v) is 4.53. The minimum atomic E-state index is 0.416. The highest BCUT2D eigenvalue weighted by atomic mass is 32.2. The molecule has 120 valence electrons. The molecule has 0 fully saturated rings. The van der Waals surface area contributed by atoms with Crippen molar-refractivity contribution in [2.45, 2.75) is 24.3 Å². The molecule has 2 heterocycles. The van der Waals surface area contributed by atoms with Crippen LogP contribution in [0.4, 0.5) is 0 Å². The Labute approximate surface area is 144 Å². The fraction of sp³-hybridized carbons (Fsp3) is 0.167. The summed E-state index contributed by atoms with van der Waals surface area (Å²) in [5, 5.41) is 14.7. The van der Waals surface area contributed by atoms with E-state index in [0.29, 0.717) is 5.25 Å². The molecule has 0 spiro atoms. The lowest BCUT2D eigenvalue weighted by Crippen LogP contribution is -1.98. The van der Waals surface area contributed by atoms with E-state index in [-0.39, 0.29) is 0 Å². The van der Waals surface area contributed by atoms with E-state index in [9.17, 15) is 0 Å². The molecule has 24 heavy (non-hydrogen) atoms. The summed E-state index contributed by atoms with van der Waals surface area (Å²) in [5.41, 5.74) is 2.07. The summed E-state index contributed by atoms with van der Waals surface area (Å²) < 4.78 is 3.88. The summed E-state index contributed by atoms with van der Waals surface area (Å²) in [4.78, 5) is 0. The van der Waals surface area contributed by atoms with Crippen LogP contribution in [0.2, 0.25) is 0 Å². The van der Waals surface area contributed by atoms with Gasteiger partial charge in [-0.1, -0.05) is 74.1 Å². The number of hydrogen-bond donors (Lipinski definition) is 0. The third kappa shape index (κ3) is 2.59. The van der Waals surface area contributed by atoms with E-state index in [1.807, 2.05) is 45.5 Å². The molecule has 0 aliphatic heterocycles. The molecule has 0 saturated heterocycles. The van der Waals surface area contributed by atoms with Crippen LogP contribution in [0.1, 0.15) is 13.8 Å². The van der Waals surface area contributed by atoms with Gasteiger partial charge in [0.05, 0.1) is 5.69 Å². The second-order valence-corrected chi connectivity index (χ2v) is 7.27. The van der Waals surface area contributed by atoms with E-state index < -0.39 is 0 Å². The summed E-state index contributed by atoms with van der Waals surface area (Å²) in [6.45, 7) is 4.27. The predicted octanol–water partition coefficient (Wildman–Crippen LogP) is 4.08. The van der Waals surface area contributed by atoms with Gasteiger partial charge < -0.3 is 0 Å². The first kappa shape index (κ1) is 15.0. The maximum atomic E-state index is 4.81. The van der Waals surface area contributed by atoms with Gasteiger partial charge in [0.1, 0.15) is 0 Å². The van der Waals surface area contributed by atoms with Crippen molar-refractivity contribution in [1.29, 1.82) is 0 Å². The van der Waals surface area contributed by atoms with Gasteiger partial charge in [0.15, 0.2) is 5.82 Å². The van der Waals surface area contributed by atoms with Crippen LogP contribution in [0.5, 0.6) is 0 Å². The Balaban J connectivity index is 1.98. The van der Waals surface area contributed by atoms with Crippen LogP contribution in [-0.4, -0.2) is 29.6 Å². The van der Waals surface area contributed by atoms with Crippen molar-refractivity contribution in [3.63, 3.8) is 0 Å². The topological polar surface area (TPSA) is 48.0 Å². The fourth-order valence-electron chi connectivity index (χ4n) is 2.59. The average Bonchev–Trinajstić information content (AvgIpc) is 3.16. The van der Waals surface area contributed by atoms with Crippen LogP contribution in [0.15, 0.2) is 65.8 Å². The fourth-order valence-corrected chi connectivity index (χ4v) is 3.32. The van der Waals surface area contributed by atoms with E-state index in [4.69, 9.17) is 5.10 Å². The summed E-state index contributed by atoms with van der Waals surface area (Å²) >= 11 is 1.66. The normalized spacial score (nSPS) is 11.5. The Morgan fingerprint density at radius 2 is 1.54 bits per heavy atom. The molecule has 0 unspecified atom stereocenters. The maximum Gasteiger partial charge on any atom is 0.259 e. The number of nitrogens with zero attached hydrogens (tertiary/aromatic N) is 5. The standard InChI is InChI=1S/C18H17N5S/c1-13(2)24-18-20-19-17-22(15-11-7-4-8-12-15)16(21-23(17)18)14-9-5-3-6-10-14/h3-13H,1-2H3. The summed E-state index contributed by atoms with van der Waals surface area (Å²) in [5.74, 6) is 1.58. The van der Waals surface area contributed by atoms with Gasteiger partial charge in [-0.25, -0.2) is 0 Å². The Morgan fingerprint density at radius 3 is 2.21 bits per heavy atom. The minimum Gasteiger partial charge on any atom is -0.259 e. The molecule has 4 aromatic rings. The van der Waals surface area contributed by atoms with E-state index in [0.717, 1.165) is 28.0 Å². The van der Waals surface area contributed by atoms with Gasteiger partial charge in [0.2, 0.25) is 5.16 Å². The number of thioether (sulfide) groups is 1. The van der Waals surface area contributed by atoms with Crippen molar-refractivity contribution in [1.82, 2.24) is 24.4 Å². The van der Waals surface area contributed by atoms with Crippen molar-refractivity contribution in [3.8, 4) is 17.1 Å². The highest BCUT2D eigenvalue weighted by Gasteiger charge is 2.20. The maximum absolute atomic E-state index is 4.81. The molecule has 2 aromatic heterocycles. The molecular weight excluding hydrogens is 318 g/mol. The van der Waals surface area contributed by atoms with Crippen molar-refractivity contribution < 1.29 is 0 Å². The number of fused-ring (bicyclic) bond motifs is 1. The van der Waals surface area contributed by atoms with Crippen LogP contribution < -0.4 is 0 Å². The Hall–Kier alpha value is -2.60. The number of benzene rings is 2. The number of rotatable bonds is 4. The lowest BCUT2D eigenvalue weighted by Gasteiger charge is -2.06. The molecule has 5 nitrogen and oxygen atoms in total. The van der Waals surface area contributed by atoms with Crippen molar-refractivity contribution in [2.24, 2.45) is 0 Å². The molecule has 0 atom stereocenters. The molecule has 2 aromatic carbocycles. The quantitative estimate of drug-likeness (QED) is 0.527. The van der Waals surface area contributed by atoms with E-state index in [1.165, 1.54) is 0 Å². The summed E-state index contributed by atoms with van der Waals surface area (Å²) in [6, 6.07) is 20.3. The Morgan fingerprint density at radius 1 is 0.875 bits per heavy atom. The zero-order valence-corrected chi connectivity index (χ0v) is 14.3. The van der Waals surface area contributed by atoms with Gasteiger partial charge in [-0.15, -0.1) is 15.3 Å². The lowest BCUT2D eigenvalue weighted by molar-refractivity contribution is 0.820. The van der Waals surface area contributed by atoms with Crippen LogP contribution in [0.3, 0.4) is 0 Å². The van der Waals surface area contributed by atoms with Crippen molar-refractivity contribution >= 4 is 17.5 Å². The van der Waals surface area contributed by atoms with Gasteiger partial charge in [-0.05, 0) is 12.1 Å². The highest BCUT2D eigenvalue weighted by Crippen LogP contribution is 2.27. The van der Waals surface area contributed by atoms with Crippen LogP contribution in [0, 0.1) is 0 Å². The van der Waals surface area contributed by atoms with Crippen LogP contribution >= 0.6 is 11.8 Å². The second kappa shape index (κ2) is 6.13. The van der Waals surface area contributed by atoms with Crippen molar-refractivity contribution in [2.75, 3.05) is 0 Å². The van der Waals surface area contributed by atoms with Crippen LogP contribution in [-0.2, 0) is 0 Å². The lowest BCUT2D eigenvalue weighted by atomic mass is 10.2. The van der Waals surface area contributed by atoms with Gasteiger partial charge in [-0.2, -0.15) is 4.52 Å². The van der Waals surface area contributed by atoms with Gasteiger partial charge in [-0.3, -0.25) is 4.57 Å². The minimum absolute atomic E-state index is 0.416. The summed E-state index contributed by atoms with van der Waals surface area (Å²) in [6.07, 6.45) is 0. The number of hydrogen-bond acceptors (Lipinski definition) is 4. The summed E-state index contributed by atoms with van der Waals surface area (Å²) in [7, 11) is 0. The molecule has 0 aliphatic rings. The molecule has 0 aliphatic carbocycles. The Kier molecular flexibility index (Phi) is 3.82. The number of aromatic nitrogens is 5. The molecule has 0 saturated carbocycles. The van der Waals surface area contributed by atoms with Crippen molar-refractivity contribution in [3.05, 3.63) is 60.7 Å². The molecular formula is C18H17N5S. The first-order valence-corrected chi connectivity index (χ1v) is 8.73. The average molecular weight is 335 g/mol. The largest absolute Gasteiger partial charge is 0.259 e. The third-order valence-electron chi connectivity index (χ3n) is 3.59. The molecule has 0 radical (unpaired) electrons. The zero-order chi connectivity index (χ0) is 16.5. The van der Waals surface area contributed by atoms with E-state index in [2.05, 4.69) is 48.3 Å². The predicted molar refractivity (Wildman–Crippen MR) is 96.5 cm³/mol. The monoisotopic (exact) mass is 335 g/mol. The van der Waals surface area contributed by atoms with Gasteiger partial charge in [0.25, 0.3) is 5.78 Å². The zero-order valence-electron chi connectivity index (χ0n) is 13.5. The number of para-hydroxylation sites is 1. The molecule has 6 heteroatoms. The van der Waals surface area contributed by atoms with Crippen LogP contribution in [0.25, 0.3) is 22.9 Å². The highest BCUT2D eigenvalue weighted by molar-refractivity contribution is 7.99. The second-order valence-electron chi connectivity index (χ2n) is 5.72. The molecule has 0 bridgehead atoms. The van der Waals surface area contributed by atoms with E-state index in [1.54, 1.807) is 11.8 Å². The molecule has 0 N–H and O–H groups in total. The van der Waals surface area contributed by atoms with E-state index >= 15 is 0 Å². The first-order chi connectivity index (χ1) is 11.7. The SMILES string of the molecule is CC(C)Sc1nnc2n(-c3ccccc3)c(-c3ccccc3)nn12. The smallest absolute Gasteiger partial charge is 0.259 e. The van der Waals surface area contributed by atoms with Gasteiger partial charge >= 0.3 is 0 Å². The van der Waals surface area contributed by atoms with Gasteiger partial charge in [0, 0.05) is 10.8 Å². The first-order valence-electron chi connectivity index (χ1n) is 7.85. The molecule has 0 amide bonds. The Bertz CT molecular complexity index is 957. The molecule has 4 rings (SSSR count).